The first kappa shape index (κ1) is 18.8. The van der Waals surface area contributed by atoms with Gasteiger partial charge in [0, 0.05) is 24.8 Å². The van der Waals surface area contributed by atoms with E-state index in [0.717, 1.165) is 0 Å². The van der Waals surface area contributed by atoms with Crippen LogP contribution in [0.15, 0.2) is 48.5 Å². The third-order valence-electron chi connectivity index (χ3n) is 4.51. The van der Waals surface area contributed by atoms with Crippen LogP contribution in [0, 0.1) is 11.6 Å². The summed E-state index contributed by atoms with van der Waals surface area (Å²) >= 11 is 0. The van der Waals surface area contributed by atoms with Crippen LogP contribution in [0.25, 0.3) is 0 Å². The van der Waals surface area contributed by atoms with Gasteiger partial charge in [-0.15, -0.1) is 0 Å². The van der Waals surface area contributed by atoms with E-state index in [0.29, 0.717) is 30.6 Å². The fraction of sp³-hybridized carbons (Fsp3) is 0.300. The average Bonchev–Trinajstić information content (AvgIpc) is 2.68. The van der Waals surface area contributed by atoms with Crippen molar-refractivity contribution in [3.63, 3.8) is 0 Å². The molecular weight excluding hydrogens is 354 g/mol. The van der Waals surface area contributed by atoms with Crippen molar-refractivity contribution in [2.75, 3.05) is 25.0 Å². The van der Waals surface area contributed by atoms with Crippen molar-refractivity contribution in [3.8, 4) is 0 Å². The molecule has 2 aromatic carbocycles. The molecular formula is C20H20F2N2O3. The number of halogens is 2. The molecule has 7 heteroatoms. The van der Waals surface area contributed by atoms with Gasteiger partial charge in [-0.25, -0.2) is 13.6 Å². The first-order chi connectivity index (χ1) is 12.9. The third-order valence-corrected chi connectivity index (χ3v) is 4.51. The SMILES string of the molecule is CN(C(=O)O[C@H]1CCCN(C(=O)c2ccc(F)cc2)C1)c1ccc(F)cc1. The van der Waals surface area contributed by atoms with Crippen LogP contribution < -0.4 is 4.90 Å². The van der Waals surface area contributed by atoms with Crippen molar-refractivity contribution >= 4 is 17.7 Å². The van der Waals surface area contributed by atoms with Gasteiger partial charge >= 0.3 is 6.09 Å². The van der Waals surface area contributed by atoms with Gasteiger partial charge in [0.25, 0.3) is 5.91 Å². The smallest absolute Gasteiger partial charge is 0.414 e. The predicted octanol–water partition coefficient (Wildman–Crippen LogP) is 3.84. The number of anilines is 1. The summed E-state index contributed by atoms with van der Waals surface area (Å²) in [6, 6.07) is 10.9. The largest absolute Gasteiger partial charge is 0.444 e. The van der Waals surface area contributed by atoms with Crippen molar-refractivity contribution in [1.82, 2.24) is 4.90 Å². The van der Waals surface area contributed by atoms with Crippen LogP contribution in [-0.2, 0) is 4.74 Å². The van der Waals surface area contributed by atoms with Crippen molar-refractivity contribution < 1.29 is 23.1 Å². The van der Waals surface area contributed by atoms with Gasteiger partial charge in [0.1, 0.15) is 17.7 Å². The quantitative estimate of drug-likeness (QED) is 0.820. The Bertz CT molecular complexity index is 809. The normalized spacial score (nSPS) is 16.7. The van der Waals surface area contributed by atoms with Gasteiger partial charge in [0.05, 0.1) is 6.54 Å². The highest BCUT2D eigenvalue weighted by molar-refractivity contribution is 5.94. The van der Waals surface area contributed by atoms with Crippen LogP contribution in [0.5, 0.6) is 0 Å². The molecule has 0 unspecified atom stereocenters. The van der Waals surface area contributed by atoms with E-state index in [1.54, 1.807) is 11.9 Å². The van der Waals surface area contributed by atoms with Gasteiger partial charge in [-0.05, 0) is 61.4 Å². The number of likely N-dealkylation sites (tertiary alicyclic amines) is 1. The number of piperidine rings is 1. The highest BCUT2D eigenvalue weighted by Gasteiger charge is 2.28. The number of hydrogen-bond donors (Lipinski definition) is 0. The maximum absolute atomic E-state index is 13.0. The zero-order chi connectivity index (χ0) is 19.4. The number of hydrogen-bond acceptors (Lipinski definition) is 3. The Labute approximate surface area is 156 Å². The molecule has 2 aromatic rings. The van der Waals surface area contributed by atoms with Crippen LogP contribution in [0.1, 0.15) is 23.2 Å². The Balaban J connectivity index is 1.60. The lowest BCUT2D eigenvalue weighted by molar-refractivity contribution is 0.0369. The van der Waals surface area contributed by atoms with Crippen molar-refractivity contribution in [2.24, 2.45) is 0 Å². The molecule has 0 radical (unpaired) electrons. The third kappa shape index (κ3) is 4.61. The molecule has 27 heavy (non-hydrogen) atoms. The van der Waals surface area contributed by atoms with Gasteiger partial charge in [-0.3, -0.25) is 9.69 Å². The zero-order valence-electron chi connectivity index (χ0n) is 14.9. The summed E-state index contributed by atoms with van der Waals surface area (Å²) in [5, 5.41) is 0. The molecule has 1 saturated heterocycles. The topological polar surface area (TPSA) is 49.9 Å². The second-order valence-electron chi connectivity index (χ2n) is 6.44. The maximum Gasteiger partial charge on any atom is 0.414 e. The number of benzene rings is 2. The van der Waals surface area contributed by atoms with Crippen LogP contribution in [0.4, 0.5) is 19.3 Å². The molecule has 5 nitrogen and oxygen atoms in total. The number of amides is 2. The molecule has 0 aromatic heterocycles. The standard InChI is InChI=1S/C20H20F2N2O3/c1-23(17-10-8-16(22)9-11-17)20(26)27-18-3-2-12-24(13-18)19(25)14-4-6-15(21)7-5-14/h4-11,18H,2-3,12-13H2,1H3/t18-/m0/s1. The van der Waals surface area contributed by atoms with Gasteiger partial charge in [0.2, 0.25) is 0 Å². The van der Waals surface area contributed by atoms with E-state index in [-0.39, 0.29) is 18.3 Å². The molecule has 0 aliphatic carbocycles. The summed E-state index contributed by atoms with van der Waals surface area (Å²) < 4.78 is 31.6. The molecule has 3 rings (SSSR count). The minimum atomic E-state index is -0.567. The van der Waals surface area contributed by atoms with Crippen LogP contribution >= 0.6 is 0 Å². The first-order valence-electron chi connectivity index (χ1n) is 8.69. The first-order valence-corrected chi connectivity index (χ1v) is 8.69. The van der Waals surface area contributed by atoms with E-state index < -0.39 is 18.0 Å². The molecule has 1 aliphatic heterocycles. The minimum Gasteiger partial charge on any atom is -0.444 e. The second kappa shape index (κ2) is 8.16. The van der Waals surface area contributed by atoms with E-state index >= 15 is 0 Å². The van der Waals surface area contributed by atoms with E-state index in [4.69, 9.17) is 4.74 Å². The Morgan fingerprint density at radius 1 is 1.04 bits per heavy atom. The Hall–Kier alpha value is -2.96. The van der Waals surface area contributed by atoms with Gasteiger partial charge < -0.3 is 9.64 Å². The molecule has 0 saturated carbocycles. The monoisotopic (exact) mass is 374 g/mol. The number of carbonyl (C=O) groups excluding carboxylic acids is 2. The summed E-state index contributed by atoms with van der Waals surface area (Å²) in [5.41, 5.74) is 0.906. The zero-order valence-corrected chi connectivity index (χ0v) is 14.9. The van der Waals surface area contributed by atoms with Gasteiger partial charge in [-0.1, -0.05) is 0 Å². The highest BCUT2D eigenvalue weighted by Crippen LogP contribution is 2.19. The van der Waals surface area contributed by atoms with Crippen molar-refractivity contribution in [3.05, 3.63) is 65.7 Å². The van der Waals surface area contributed by atoms with E-state index in [9.17, 15) is 18.4 Å². The Morgan fingerprint density at radius 3 is 2.26 bits per heavy atom. The summed E-state index contributed by atoms with van der Waals surface area (Å²) in [6.07, 6.45) is 0.350. The molecule has 0 spiro atoms. The molecule has 0 N–H and O–H groups in total. The molecule has 142 valence electrons. The van der Waals surface area contributed by atoms with Gasteiger partial charge in [0.15, 0.2) is 0 Å². The fourth-order valence-corrected chi connectivity index (χ4v) is 2.99. The molecule has 1 atom stereocenters. The van der Waals surface area contributed by atoms with Gasteiger partial charge in [-0.2, -0.15) is 0 Å². The summed E-state index contributed by atoms with van der Waals surface area (Å²) in [4.78, 5) is 27.8. The van der Waals surface area contributed by atoms with E-state index in [1.807, 2.05) is 0 Å². The lowest BCUT2D eigenvalue weighted by Gasteiger charge is -2.33. The molecule has 2 amide bonds. The van der Waals surface area contributed by atoms with Crippen LogP contribution in [-0.4, -0.2) is 43.1 Å². The van der Waals surface area contributed by atoms with Crippen LogP contribution in [0.3, 0.4) is 0 Å². The van der Waals surface area contributed by atoms with Crippen LogP contribution in [0.2, 0.25) is 0 Å². The van der Waals surface area contributed by atoms with Crippen molar-refractivity contribution in [2.45, 2.75) is 18.9 Å². The summed E-state index contributed by atoms with van der Waals surface area (Å²) in [7, 11) is 1.54. The molecule has 1 heterocycles. The minimum absolute atomic E-state index is 0.220. The van der Waals surface area contributed by atoms with Crippen molar-refractivity contribution in [1.29, 1.82) is 0 Å². The van der Waals surface area contributed by atoms with E-state index in [1.165, 1.54) is 53.4 Å². The summed E-state index contributed by atoms with van der Waals surface area (Å²) in [6.45, 7) is 0.831. The number of rotatable bonds is 3. The number of carbonyl (C=O) groups is 2. The molecule has 1 aliphatic rings. The second-order valence-corrected chi connectivity index (χ2v) is 6.44. The number of ether oxygens (including phenoxy) is 1. The molecule has 1 fully saturated rings. The fourth-order valence-electron chi connectivity index (χ4n) is 2.99. The molecule has 0 bridgehead atoms. The number of nitrogens with zero attached hydrogens (tertiary/aromatic N) is 2. The summed E-state index contributed by atoms with van der Waals surface area (Å²) in [5.74, 6) is -1.01. The maximum atomic E-state index is 13.0. The highest BCUT2D eigenvalue weighted by atomic mass is 19.1. The Kier molecular flexibility index (Phi) is 5.69. The lowest BCUT2D eigenvalue weighted by atomic mass is 10.1. The van der Waals surface area contributed by atoms with E-state index in [2.05, 4.69) is 0 Å². The average molecular weight is 374 g/mol. The predicted molar refractivity (Wildman–Crippen MR) is 96.6 cm³/mol. The lowest BCUT2D eigenvalue weighted by Crippen LogP contribution is -2.45. The Morgan fingerprint density at radius 2 is 1.63 bits per heavy atom.